The fraction of sp³-hybridized carbons (Fsp3) is 0.250. The van der Waals surface area contributed by atoms with E-state index in [1.165, 1.54) is 0 Å². The Morgan fingerprint density at radius 1 is 1.04 bits per heavy atom. The first-order valence-electron chi connectivity index (χ1n) is 8.98. The SMILES string of the molecule is COc1ccccc1C(=O)N1CCN(C(=O)c2cc(-c3ccco3)[nH]n2)CC1. The van der Waals surface area contributed by atoms with Crippen molar-refractivity contribution in [3.05, 3.63) is 60.0 Å². The largest absolute Gasteiger partial charge is 0.496 e. The maximum absolute atomic E-state index is 12.8. The minimum Gasteiger partial charge on any atom is -0.496 e. The van der Waals surface area contributed by atoms with Crippen LogP contribution in [0.4, 0.5) is 0 Å². The van der Waals surface area contributed by atoms with Crippen LogP contribution in [0.5, 0.6) is 5.75 Å². The molecule has 0 aliphatic carbocycles. The highest BCUT2D eigenvalue weighted by molar-refractivity contribution is 5.97. The third-order valence-corrected chi connectivity index (χ3v) is 4.78. The molecular formula is C20H20N4O4. The fourth-order valence-corrected chi connectivity index (χ4v) is 3.26. The number of benzene rings is 1. The first kappa shape index (κ1) is 17.8. The Morgan fingerprint density at radius 2 is 1.75 bits per heavy atom. The highest BCUT2D eigenvalue weighted by Crippen LogP contribution is 2.21. The van der Waals surface area contributed by atoms with E-state index in [1.54, 1.807) is 53.5 Å². The highest BCUT2D eigenvalue weighted by atomic mass is 16.5. The van der Waals surface area contributed by atoms with E-state index in [0.29, 0.717) is 54.6 Å². The number of ether oxygens (including phenoxy) is 1. The number of hydrogen-bond donors (Lipinski definition) is 1. The van der Waals surface area contributed by atoms with Crippen LogP contribution in [0.2, 0.25) is 0 Å². The number of nitrogens with zero attached hydrogens (tertiary/aromatic N) is 3. The molecule has 0 unspecified atom stereocenters. The van der Waals surface area contributed by atoms with Gasteiger partial charge in [-0.1, -0.05) is 12.1 Å². The number of H-pyrrole nitrogens is 1. The summed E-state index contributed by atoms with van der Waals surface area (Å²) in [5, 5.41) is 6.92. The van der Waals surface area contributed by atoms with Gasteiger partial charge in [-0.05, 0) is 24.3 Å². The van der Waals surface area contributed by atoms with E-state index >= 15 is 0 Å². The van der Waals surface area contributed by atoms with Crippen molar-refractivity contribution in [2.45, 2.75) is 0 Å². The smallest absolute Gasteiger partial charge is 0.274 e. The molecule has 144 valence electrons. The molecule has 2 amide bonds. The number of aromatic amines is 1. The van der Waals surface area contributed by atoms with Gasteiger partial charge in [0.1, 0.15) is 11.4 Å². The predicted molar refractivity (Wildman–Crippen MR) is 101 cm³/mol. The lowest BCUT2D eigenvalue weighted by molar-refractivity contribution is 0.0530. The van der Waals surface area contributed by atoms with Crippen molar-refractivity contribution >= 4 is 11.8 Å². The molecule has 0 saturated carbocycles. The summed E-state index contributed by atoms with van der Waals surface area (Å²) in [6, 6.07) is 12.4. The number of methoxy groups -OCH3 is 1. The average Bonchev–Trinajstić information content (AvgIpc) is 3.44. The number of carbonyl (C=O) groups excluding carboxylic acids is 2. The van der Waals surface area contributed by atoms with Crippen LogP contribution in [0.1, 0.15) is 20.8 Å². The average molecular weight is 380 g/mol. The van der Waals surface area contributed by atoms with Gasteiger partial charge in [-0.3, -0.25) is 14.7 Å². The molecule has 0 atom stereocenters. The molecular weight excluding hydrogens is 360 g/mol. The Balaban J connectivity index is 1.40. The number of carbonyl (C=O) groups is 2. The van der Waals surface area contributed by atoms with E-state index in [0.717, 1.165) is 0 Å². The molecule has 0 bridgehead atoms. The Labute approximate surface area is 161 Å². The van der Waals surface area contributed by atoms with E-state index in [2.05, 4.69) is 10.2 Å². The third-order valence-electron chi connectivity index (χ3n) is 4.78. The predicted octanol–water partition coefficient (Wildman–Crippen LogP) is 2.28. The van der Waals surface area contributed by atoms with E-state index in [1.807, 2.05) is 12.1 Å². The maximum atomic E-state index is 12.8. The fourth-order valence-electron chi connectivity index (χ4n) is 3.26. The zero-order chi connectivity index (χ0) is 19.5. The lowest BCUT2D eigenvalue weighted by Gasteiger charge is -2.34. The molecule has 1 saturated heterocycles. The van der Waals surface area contributed by atoms with Crippen LogP contribution in [0.25, 0.3) is 11.5 Å². The van der Waals surface area contributed by atoms with E-state index in [4.69, 9.17) is 9.15 Å². The zero-order valence-electron chi connectivity index (χ0n) is 15.4. The van der Waals surface area contributed by atoms with Gasteiger partial charge < -0.3 is 19.0 Å². The standard InChI is InChI=1S/C20H20N4O4/c1-27-17-6-3-2-5-14(17)19(25)23-8-10-24(11-9-23)20(26)16-13-15(21-22-16)18-7-4-12-28-18/h2-7,12-13H,8-11H2,1H3,(H,21,22). The molecule has 1 N–H and O–H groups in total. The van der Waals surface area contributed by atoms with Gasteiger partial charge in [0, 0.05) is 32.2 Å². The minimum absolute atomic E-state index is 0.0931. The Hall–Kier alpha value is -3.55. The Morgan fingerprint density at radius 3 is 2.43 bits per heavy atom. The monoisotopic (exact) mass is 380 g/mol. The summed E-state index contributed by atoms with van der Waals surface area (Å²) in [4.78, 5) is 28.9. The summed E-state index contributed by atoms with van der Waals surface area (Å²) in [5.41, 5.74) is 1.51. The molecule has 0 radical (unpaired) electrons. The molecule has 3 heterocycles. The Bertz CT molecular complexity index is 972. The van der Waals surface area contributed by atoms with Crippen molar-refractivity contribution in [2.24, 2.45) is 0 Å². The van der Waals surface area contributed by atoms with Crippen molar-refractivity contribution in [1.82, 2.24) is 20.0 Å². The van der Waals surface area contributed by atoms with Gasteiger partial charge in [-0.15, -0.1) is 0 Å². The summed E-state index contributed by atoms with van der Waals surface area (Å²) < 4.78 is 10.6. The van der Waals surface area contributed by atoms with Crippen molar-refractivity contribution < 1.29 is 18.7 Å². The van der Waals surface area contributed by atoms with Crippen LogP contribution >= 0.6 is 0 Å². The number of amides is 2. The van der Waals surface area contributed by atoms with E-state index in [9.17, 15) is 9.59 Å². The third kappa shape index (κ3) is 3.36. The zero-order valence-corrected chi connectivity index (χ0v) is 15.4. The molecule has 1 fully saturated rings. The number of rotatable bonds is 4. The lowest BCUT2D eigenvalue weighted by Crippen LogP contribution is -2.50. The molecule has 8 heteroatoms. The van der Waals surface area contributed by atoms with Crippen molar-refractivity contribution in [3.63, 3.8) is 0 Å². The van der Waals surface area contributed by atoms with Gasteiger partial charge in [0.2, 0.25) is 0 Å². The molecule has 1 aromatic carbocycles. The second kappa shape index (κ2) is 7.59. The molecule has 0 spiro atoms. The van der Waals surface area contributed by atoms with Crippen molar-refractivity contribution in [2.75, 3.05) is 33.3 Å². The van der Waals surface area contributed by atoms with Crippen molar-refractivity contribution in [1.29, 1.82) is 0 Å². The number of hydrogen-bond acceptors (Lipinski definition) is 5. The molecule has 2 aromatic heterocycles. The van der Waals surface area contributed by atoms with E-state index < -0.39 is 0 Å². The normalized spacial score (nSPS) is 14.2. The van der Waals surface area contributed by atoms with Crippen LogP contribution in [0, 0.1) is 0 Å². The summed E-state index contributed by atoms with van der Waals surface area (Å²) >= 11 is 0. The quantitative estimate of drug-likeness (QED) is 0.750. The number of piperazine rings is 1. The van der Waals surface area contributed by atoms with Gasteiger partial charge >= 0.3 is 0 Å². The van der Waals surface area contributed by atoms with Crippen LogP contribution in [-0.2, 0) is 0 Å². The summed E-state index contributed by atoms with van der Waals surface area (Å²) in [7, 11) is 1.55. The van der Waals surface area contributed by atoms with Gasteiger partial charge in [0.05, 0.1) is 18.9 Å². The Kier molecular flexibility index (Phi) is 4.84. The van der Waals surface area contributed by atoms with E-state index in [-0.39, 0.29) is 11.8 Å². The van der Waals surface area contributed by atoms with Crippen LogP contribution in [0.3, 0.4) is 0 Å². The molecule has 8 nitrogen and oxygen atoms in total. The highest BCUT2D eigenvalue weighted by Gasteiger charge is 2.28. The van der Waals surface area contributed by atoms with Crippen LogP contribution < -0.4 is 4.74 Å². The molecule has 1 aliphatic rings. The molecule has 3 aromatic rings. The van der Waals surface area contributed by atoms with Gasteiger partial charge in [0.15, 0.2) is 11.5 Å². The number of nitrogens with one attached hydrogen (secondary N) is 1. The number of para-hydroxylation sites is 1. The van der Waals surface area contributed by atoms with Crippen LogP contribution in [0.15, 0.2) is 53.1 Å². The minimum atomic E-state index is -0.168. The summed E-state index contributed by atoms with van der Waals surface area (Å²) in [5.74, 6) is 0.912. The second-order valence-electron chi connectivity index (χ2n) is 6.43. The molecule has 28 heavy (non-hydrogen) atoms. The topological polar surface area (TPSA) is 91.7 Å². The maximum Gasteiger partial charge on any atom is 0.274 e. The summed E-state index contributed by atoms with van der Waals surface area (Å²) in [6.45, 7) is 1.81. The van der Waals surface area contributed by atoms with Crippen LogP contribution in [-0.4, -0.2) is 65.1 Å². The lowest BCUT2D eigenvalue weighted by atomic mass is 10.1. The van der Waals surface area contributed by atoms with Crippen molar-refractivity contribution in [3.8, 4) is 17.2 Å². The first-order chi connectivity index (χ1) is 13.7. The van der Waals surface area contributed by atoms with Gasteiger partial charge in [0.25, 0.3) is 11.8 Å². The number of furan rings is 1. The summed E-state index contributed by atoms with van der Waals surface area (Å²) in [6.07, 6.45) is 1.57. The van der Waals surface area contributed by atoms with Gasteiger partial charge in [-0.2, -0.15) is 5.10 Å². The second-order valence-corrected chi connectivity index (χ2v) is 6.43. The first-order valence-corrected chi connectivity index (χ1v) is 8.98. The number of aromatic nitrogens is 2. The molecule has 1 aliphatic heterocycles. The molecule has 4 rings (SSSR count). The van der Waals surface area contributed by atoms with Gasteiger partial charge in [-0.25, -0.2) is 0 Å².